The van der Waals surface area contributed by atoms with Crippen LogP contribution in [0.4, 0.5) is 5.95 Å². The lowest BCUT2D eigenvalue weighted by molar-refractivity contribution is 0.564. The first kappa shape index (κ1) is 20.3. The average Bonchev–Trinajstić information content (AvgIpc) is 2.78. The number of pyridine rings is 1. The first-order valence-electron chi connectivity index (χ1n) is 10.7. The van der Waals surface area contributed by atoms with Gasteiger partial charge in [0.25, 0.3) is 5.56 Å². The summed E-state index contributed by atoms with van der Waals surface area (Å²) in [5.74, 6) is 0.697. The maximum atomic E-state index is 12.9. The molecule has 0 aliphatic carbocycles. The fraction of sp³-hybridized carbons (Fsp3) is 0.375. The topological polar surface area (TPSA) is 73.9 Å². The minimum atomic E-state index is -0.0654. The molecule has 30 heavy (non-hydrogen) atoms. The third-order valence-corrected chi connectivity index (χ3v) is 5.78. The van der Waals surface area contributed by atoms with Gasteiger partial charge in [-0.2, -0.15) is 0 Å². The standard InChI is InChI=1S/C24H29N5O/c1-17-8-10-19(11-9-17)22(20-7-6-12-25-15-20)26-16-21-18(2)27-24(28-23(21)30)29-13-4-3-5-14-29/h6-12,15,22,26H,3-5,13-14,16H2,1-2H3,(H,27,28,30). The number of hydrogen-bond acceptors (Lipinski definition) is 5. The highest BCUT2D eigenvalue weighted by Gasteiger charge is 2.18. The van der Waals surface area contributed by atoms with E-state index in [2.05, 4.69) is 57.4 Å². The smallest absolute Gasteiger partial charge is 0.257 e. The Kier molecular flexibility index (Phi) is 6.23. The largest absolute Gasteiger partial charge is 0.342 e. The first-order valence-corrected chi connectivity index (χ1v) is 10.7. The van der Waals surface area contributed by atoms with Crippen molar-refractivity contribution in [1.29, 1.82) is 0 Å². The third kappa shape index (κ3) is 4.60. The van der Waals surface area contributed by atoms with E-state index in [1.807, 2.05) is 19.2 Å². The number of piperidine rings is 1. The number of nitrogens with zero attached hydrogens (tertiary/aromatic N) is 3. The summed E-state index contributed by atoms with van der Waals surface area (Å²) in [6.07, 6.45) is 7.18. The van der Waals surface area contributed by atoms with Gasteiger partial charge in [0.15, 0.2) is 0 Å². The van der Waals surface area contributed by atoms with Crippen molar-refractivity contribution in [3.8, 4) is 0 Å². The van der Waals surface area contributed by atoms with Gasteiger partial charge in [0.05, 0.1) is 17.3 Å². The molecule has 1 fully saturated rings. The van der Waals surface area contributed by atoms with Crippen LogP contribution in [0, 0.1) is 13.8 Å². The van der Waals surface area contributed by atoms with Crippen molar-refractivity contribution in [3.63, 3.8) is 0 Å². The molecule has 0 saturated carbocycles. The molecule has 6 heteroatoms. The van der Waals surface area contributed by atoms with E-state index in [1.54, 1.807) is 6.20 Å². The van der Waals surface area contributed by atoms with Crippen LogP contribution < -0.4 is 15.8 Å². The molecule has 1 aromatic carbocycles. The third-order valence-electron chi connectivity index (χ3n) is 5.78. The highest BCUT2D eigenvalue weighted by atomic mass is 16.1. The van der Waals surface area contributed by atoms with Gasteiger partial charge >= 0.3 is 0 Å². The molecule has 0 spiro atoms. The van der Waals surface area contributed by atoms with Gasteiger partial charge in [0.2, 0.25) is 5.95 Å². The Hall–Kier alpha value is -2.99. The molecule has 0 amide bonds. The van der Waals surface area contributed by atoms with Crippen LogP contribution in [0.5, 0.6) is 0 Å². The van der Waals surface area contributed by atoms with Crippen molar-refractivity contribution in [2.75, 3.05) is 18.0 Å². The van der Waals surface area contributed by atoms with Crippen LogP contribution in [-0.4, -0.2) is 28.0 Å². The van der Waals surface area contributed by atoms with E-state index in [0.29, 0.717) is 18.1 Å². The van der Waals surface area contributed by atoms with Gasteiger partial charge in [-0.05, 0) is 50.3 Å². The molecular weight excluding hydrogens is 374 g/mol. The molecule has 1 aliphatic rings. The molecule has 156 valence electrons. The van der Waals surface area contributed by atoms with Crippen LogP contribution in [0.3, 0.4) is 0 Å². The summed E-state index contributed by atoms with van der Waals surface area (Å²) in [5.41, 5.74) is 4.81. The number of H-pyrrole nitrogens is 1. The van der Waals surface area contributed by atoms with Crippen LogP contribution in [-0.2, 0) is 6.54 Å². The number of aromatic amines is 1. The quantitative estimate of drug-likeness (QED) is 0.657. The SMILES string of the molecule is Cc1ccc(C(NCc2c(C)nc(N3CCCCC3)[nH]c2=O)c2cccnc2)cc1. The molecule has 4 rings (SSSR count). The van der Waals surface area contributed by atoms with Crippen LogP contribution in [0.1, 0.15) is 53.3 Å². The van der Waals surface area contributed by atoms with Gasteiger partial charge in [-0.25, -0.2) is 4.98 Å². The second kappa shape index (κ2) is 9.22. The van der Waals surface area contributed by atoms with E-state index in [9.17, 15) is 4.79 Å². The zero-order valence-electron chi connectivity index (χ0n) is 17.7. The molecule has 1 saturated heterocycles. The Morgan fingerprint density at radius 3 is 2.50 bits per heavy atom. The summed E-state index contributed by atoms with van der Waals surface area (Å²) in [6, 6.07) is 12.4. The molecule has 3 aromatic rings. The van der Waals surface area contributed by atoms with Crippen LogP contribution in [0.25, 0.3) is 0 Å². The van der Waals surface area contributed by atoms with E-state index >= 15 is 0 Å². The van der Waals surface area contributed by atoms with Crippen molar-refractivity contribution in [3.05, 3.63) is 87.1 Å². The second-order valence-electron chi connectivity index (χ2n) is 8.01. The van der Waals surface area contributed by atoms with Crippen molar-refractivity contribution >= 4 is 5.95 Å². The van der Waals surface area contributed by atoms with Crippen LogP contribution >= 0.6 is 0 Å². The first-order chi connectivity index (χ1) is 14.6. The summed E-state index contributed by atoms with van der Waals surface area (Å²) in [5, 5.41) is 3.56. The van der Waals surface area contributed by atoms with Crippen LogP contribution in [0.15, 0.2) is 53.6 Å². The van der Waals surface area contributed by atoms with Gasteiger partial charge in [0, 0.05) is 32.0 Å². The number of anilines is 1. The van der Waals surface area contributed by atoms with Gasteiger partial charge in [-0.3, -0.25) is 14.8 Å². The maximum absolute atomic E-state index is 12.9. The molecule has 1 unspecified atom stereocenters. The Labute approximate surface area is 177 Å². The van der Waals surface area contributed by atoms with Gasteiger partial charge in [-0.1, -0.05) is 35.9 Å². The summed E-state index contributed by atoms with van der Waals surface area (Å²) in [4.78, 5) is 27.0. The number of rotatable bonds is 6. The Balaban J connectivity index is 1.57. The molecule has 0 bridgehead atoms. The predicted octanol–water partition coefficient (Wildman–Crippen LogP) is 3.65. The molecule has 3 heterocycles. The van der Waals surface area contributed by atoms with Crippen molar-refractivity contribution in [2.45, 2.75) is 45.7 Å². The molecular formula is C24H29N5O. The normalized spacial score (nSPS) is 15.2. The summed E-state index contributed by atoms with van der Waals surface area (Å²) in [6.45, 7) is 6.34. The van der Waals surface area contributed by atoms with Crippen molar-refractivity contribution in [2.24, 2.45) is 0 Å². The highest BCUT2D eigenvalue weighted by Crippen LogP contribution is 2.23. The molecule has 2 N–H and O–H groups in total. The maximum Gasteiger partial charge on any atom is 0.257 e. The fourth-order valence-electron chi connectivity index (χ4n) is 4.00. The Morgan fingerprint density at radius 2 is 1.83 bits per heavy atom. The van der Waals surface area contributed by atoms with E-state index in [1.165, 1.54) is 12.0 Å². The second-order valence-corrected chi connectivity index (χ2v) is 8.01. The minimum Gasteiger partial charge on any atom is -0.342 e. The molecule has 0 radical (unpaired) electrons. The lowest BCUT2D eigenvalue weighted by Gasteiger charge is -2.27. The Bertz CT molecular complexity index is 1020. The van der Waals surface area contributed by atoms with E-state index < -0.39 is 0 Å². The number of hydrogen-bond donors (Lipinski definition) is 2. The van der Waals surface area contributed by atoms with Crippen molar-refractivity contribution < 1.29 is 0 Å². The van der Waals surface area contributed by atoms with E-state index in [4.69, 9.17) is 4.98 Å². The number of aryl methyl sites for hydroxylation is 2. The predicted molar refractivity (Wildman–Crippen MR) is 120 cm³/mol. The zero-order chi connectivity index (χ0) is 20.9. The summed E-state index contributed by atoms with van der Waals surface area (Å²) >= 11 is 0. The number of benzene rings is 1. The molecule has 2 aromatic heterocycles. The lowest BCUT2D eigenvalue weighted by atomic mass is 9.99. The monoisotopic (exact) mass is 403 g/mol. The summed E-state index contributed by atoms with van der Waals surface area (Å²) < 4.78 is 0. The zero-order valence-corrected chi connectivity index (χ0v) is 17.7. The van der Waals surface area contributed by atoms with E-state index in [0.717, 1.165) is 42.8 Å². The van der Waals surface area contributed by atoms with Gasteiger partial charge < -0.3 is 10.2 Å². The highest BCUT2D eigenvalue weighted by molar-refractivity contribution is 5.35. The van der Waals surface area contributed by atoms with Crippen molar-refractivity contribution in [1.82, 2.24) is 20.3 Å². The van der Waals surface area contributed by atoms with E-state index in [-0.39, 0.29) is 11.6 Å². The van der Waals surface area contributed by atoms with Gasteiger partial charge in [0.1, 0.15) is 0 Å². The summed E-state index contributed by atoms with van der Waals surface area (Å²) in [7, 11) is 0. The van der Waals surface area contributed by atoms with Gasteiger partial charge in [-0.15, -0.1) is 0 Å². The average molecular weight is 404 g/mol. The Morgan fingerprint density at radius 1 is 1.07 bits per heavy atom. The molecule has 1 atom stereocenters. The minimum absolute atomic E-state index is 0.0557. The fourth-order valence-corrected chi connectivity index (χ4v) is 4.00. The number of aromatic nitrogens is 3. The van der Waals surface area contributed by atoms with Crippen LogP contribution in [0.2, 0.25) is 0 Å². The number of nitrogens with one attached hydrogen (secondary N) is 2. The lowest BCUT2D eigenvalue weighted by Crippen LogP contribution is -2.34. The molecule has 6 nitrogen and oxygen atoms in total. The molecule has 1 aliphatic heterocycles.